The van der Waals surface area contributed by atoms with Crippen molar-refractivity contribution in [2.75, 3.05) is 6.54 Å². The van der Waals surface area contributed by atoms with Gasteiger partial charge in [-0.3, -0.25) is 9.48 Å². The van der Waals surface area contributed by atoms with Crippen LogP contribution in [0.4, 0.5) is 0 Å². The van der Waals surface area contributed by atoms with E-state index in [1.54, 1.807) is 18.7 Å². The largest absolute Gasteiger partial charge is 0.480 e. The Labute approximate surface area is 127 Å². The number of hydrogen-bond donors (Lipinski definition) is 1. The molecule has 3 heterocycles. The Kier molecular flexibility index (Phi) is 3.41. The van der Waals surface area contributed by atoms with Gasteiger partial charge in [-0.25, -0.2) is 13.4 Å². The van der Waals surface area contributed by atoms with Crippen molar-refractivity contribution in [3.63, 3.8) is 0 Å². The van der Waals surface area contributed by atoms with Gasteiger partial charge >= 0.3 is 5.97 Å². The number of carbonyl (C=O) groups is 1. The number of rotatable bonds is 3. The maximum Gasteiger partial charge on any atom is 0.322 e. The molecule has 2 aromatic rings. The van der Waals surface area contributed by atoms with Crippen LogP contribution in [-0.2, 0) is 21.9 Å². The Balaban J connectivity index is 2.09. The summed E-state index contributed by atoms with van der Waals surface area (Å²) in [5, 5.41) is 14.0. The highest BCUT2D eigenvalue weighted by Gasteiger charge is 2.39. The Bertz CT molecular complexity index is 858. The predicted octanol–water partition coefficient (Wildman–Crippen LogP) is 0.514. The average Bonchev–Trinajstić information content (AvgIpc) is 3.05. The van der Waals surface area contributed by atoms with Crippen molar-refractivity contribution in [2.24, 2.45) is 7.05 Å². The van der Waals surface area contributed by atoms with Crippen LogP contribution in [0, 0.1) is 6.92 Å². The van der Waals surface area contributed by atoms with Gasteiger partial charge in [0.1, 0.15) is 10.9 Å². The van der Waals surface area contributed by atoms with Crippen molar-refractivity contribution in [1.29, 1.82) is 0 Å². The number of pyridine rings is 1. The molecule has 1 aliphatic rings. The van der Waals surface area contributed by atoms with Gasteiger partial charge in [-0.15, -0.1) is 0 Å². The van der Waals surface area contributed by atoms with E-state index in [9.17, 15) is 18.3 Å². The molecule has 22 heavy (non-hydrogen) atoms. The molecule has 1 saturated heterocycles. The van der Waals surface area contributed by atoms with Gasteiger partial charge in [-0.05, 0) is 25.8 Å². The zero-order valence-corrected chi connectivity index (χ0v) is 13.0. The van der Waals surface area contributed by atoms with Crippen LogP contribution >= 0.6 is 0 Å². The van der Waals surface area contributed by atoms with Crippen molar-refractivity contribution in [2.45, 2.75) is 30.7 Å². The average molecular weight is 324 g/mol. The smallest absolute Gasteiger partial charge is 0.322 e. The minimum atomic E-state index is -3.88. The van der Waals surface area contributed by atoms with Crippen molar-refractivity contribution in [1.82, 2.24) is 19.1 Å². The second kappa shape index (κ2) is 5.03. The van der Waals surface area contributed by atoms with Crippen LogP contribution in [0.3, 0.4) is 0 Å². The molecule has 8 nitrogen and oxygen atoms in total. The fourth-order valence-corrected chi connectivity index (χ4v) is 4.46. The number of sulfonamides is 1. The van der Waals surface area contributed by atoms with Crippen LogP contribution in [0.2, 0.25) is 0 Å². The van der Waals surface area contributed by atoms with Crippen LogP contribution in [0.15, 0.2) is 17.2 Å². The minimum absolute atomic E-state index is 0.00394. The summed E-state index contributed by atoms with van der Waals surface area (Å²) in [7, 11) is -2.15. The minimum Gasteiger partial charge on any atom is -0.480 e. The van der Waals surface area contributed by atoms with Gasteiger partial charge in [-0.1, -0.05) is 0 Å². The van der Waals surface area contributed by atoms with Gasteiger partial charge in [0.15, 0.2) is 5.65 Å². The predicted molar refractivity (Wildman–Crippen MR) is 77.8 cm³/mol. The third-order valence-electron chi connectivity index (χ3n) is 3.93. The quantitative estimate of drug-likeness (QED) is 0.882. The van der Waals surface area contributed by atoms with Crippen LogP contribution in [0.25, 0.3) is 11.0 Å². The van der Waals surface area contributed by atoms with Gasteiger partial charge in [0.2, 0.25) is 10.0 Å². The summed E-state index contributed by atoms with van der Waals surface area (Å²) >= 11 is 0. The van der Waals surface area contributed by atoms with Crippen LogP contribution in [-0.4, -0.2) is 51.1 Å². The van der Waals surface area contributed by atoms with E-state index in [1.807, 2.05) is 0 Å². The molecule has 1 aliphatic heterocycles. The Morgan fingerprint density at radius 1 is 1.45 bits per heavy atom. The standard InChI is InChI=1S/C13H16N4O4S/c1-8-10-6-9(7-14-12(10)16(2)15-8)22(20,21)17-5-3-4-11(17)13(18)19/h6-7,11H,3-5H2,1-2H3,(H,18,19)/t11-/m1/s1. The molecular formula is C13H16N4O4S. The summed E-state index contributed by atoms with van der Waals surface area (Å²) in [6.07, 6.45) is 2.13. The lowest BCUT2D eigenvalue weighted by atomic mass is 10.2. The first kappa shape index (κ1) is 14.9. The fourth-order valence-electron chi connectivity index (χ4n) is 2.84. The second-order valence-corrected chi connectivity index (χ2v) is 7.25. The zero-order chi connectivity index (χ0) is 16.1. The van der Waals surface area contributed by atoms with E-state index in [1.165, 1.54) is 12.3 Å². The van der Waals surface area contributed by atoms with Crippen molar-refractivity contribution < 1.29 is 18.3 Å². The number of aromatic nitrogens is 3. The molecule has 0 amide bonds. The molecule has 0 aromatic carbocycles. The Morgan fingerprint density at radius 2 is 2.18 bits per heavy atom. The molecule has 1 atom stereocenters. The number of nitrogens with zero attached hydrogens (tertiary/aromatic N) is 4. The van der Waals surface area contributed by atoms with Gasteiger partial charge in [0, 0.05) is 25.2 Å². The summed E-state index contributed by atoms with van der Waals surface area (Å²) < 4.78 is 28.0. The molecular weight excluding hydrogens is 308 g/mol. The Morgan fingerprint density at radius 3 is 2.86 bits per heavy atom. The highest BCUT2D eigenvalue weighted by molar-refractivity contribution is 7.89. The number of fused-ring (bicyclic) bond motifs is 1. The first-order chi connectivity index (χ1) is 10.3. The van der Waals surface area contributed by atoms with E-state index < -0.39 is 22.0 Å². The zero-order valence-electron chi connectivity index (χ0n) is 12.2. The maximum absolute atomic E-state index is 12.7. The van der Waals surface area contributed by atoms with E-state index >= 15 is 0 Å². The van der Waals surface area contributed by atoms with Gasteiger partial charge in [0.05, 0.1) is 5.69 Å². The molecule has 118 valence electrons. The number of carboxylic acids is 1. The molecule has 0 unspecified atom stereocenters. The third kappa shape index (κ3) is 2.17. The highest BCUT2D eigenvalue weighted by Crippen LogP contribution is 2.28. The molecule has 0 radical (unpaired) electrons. The molecule has 0 aliphatic carbocycles. The molecule has 9 heteroatoms. The summed E-state index contributed by atoms with van der Waals surface area (Å²) in [5.41, 5.74) is 1.27. The Hall–Kier alpha value is -2.00. The van der Waals surface area contributed by atoms with Crippen LogP contribution < -0.4 is 0 Å². The summed E-state index contributed by atoms with van der Waals surface area (Å²) in [6.45, 7) is 1.99. The lowest BCUT2D eigenvalue weighted by molar-refractivity contribution is -0.140. The number of hydrogen-bond acceptors (Lipinski definition) is 5. The summed E-state index contributed by atoms with van der Waals surface area (Å²) in [4.78, 5) is 15.4. The van der Waals surface area contributed by atoms with E-state index in [0.717, 1.165) is 4.31 Å². The fraction of sp³-hybridized carbons (Fsp3) is 0.462. The molecule has 2 aromatic heterocycles. The van der Waals surface area contributed by atoms with Crippen molar-refractivity contribution in [3.8, 4) is 0 Å². The number of aliphatic carboxylic acids is 1. The van der Waals surface area contributed by atoms with E-state index in [4.69, 9.17) is 0 Å². The van der Waals surface area contributed by atoms with Gasteiger partial charge in [-0.2, -0.15) is 9.40 Å². The molecule has 1 fully saturated rings. The highest BCUT2D eigenvalue weighted by atomic mass is 32.2. The van der Waals surface area contributed by atoms with Gasteiger partial charge < -0.3 is 5.11 Å². The number of aryl methyl sites for hydroxylation is 2. The summed E-state index contributed by atoms with van der Waals surface area (Å²) in [6, 6.07) is 0.507. The molecule has 1 N–H and O–H groups in total. The van der Waals surface area contributed by atoms with E-state index in [0.29, 0.717) is 29.6 Å². The van der Waals surface area contributed by atoms with Crippen LogP contribution in [0.5, 0.6) is 0 Å². The lowest BCUT2D eigenvalue weighted by Crippen LogP contribution is -2.40. The summed E-state index contributed by atoms with van der Waals surface area (Å²) in [5.74, 6) is -1.12. The molecule has 0 saturated carbocycles. The molecule has 0 spiro atoms. The normalized spacial score (nSPS) is 19.8. The third-order valence-corrected chi connectivity index (χ3v) is 5.81. The van der Waals surface area contributed by atoms with E-state index in [2.05, 4.69) is 10.1 Å². The van der Waals surface area contributed by atoms with Gasteiger partial charge in [0.25, 0.3) is 0 Å². The van der Waals surface area contributed by atoms with Crippen LogP contribution in [0.1, 0.15) is 18.5 Å². The molecule has 0 bridgehead atoms. The topological polar surface area (TPSA) is 105 Å². The molecule has 3 rings (SSSR count). The monoisotopic (exact) mass is 324 g/mol. The first-order valence-corrected chi connectivity index (χ1v) is 8.30. The SMILES string of the molecule is Cc1nn(C)c2ncc(S(=O)(=O)N3CCC[C@@H]3C(=O)O)cc12. The van der Waals surface area contributed by atoms with Crippen molar-refractivity contribution >= 4 is 27.0 Å². The van der Waals surface area contributed by atoms with E-state index in [-0.39, 0.29) is 11.4 Å². The first-order valence-electron chi connectivity index (χ1n) is 6.86. The lowest BCUT2D eigenvalue weighted by Gasteiger charge is -2.20. The number of carboxylic acid groups (broad SMARTS) is 1. The maximum atomic E-state index is 12.7. The second-order valence-electron chi connectivity index (χ2n) is 5.36. The van der Waals surface area contributed by atoms with Crippen molar-refractivity contribution in [3.05, 3.63) is 18.0 Å².